The van der Waals surface area contributed by atoms with Crippen LogP contribution in [-0.2, 0) is 9.47 Å². The summed E-state index contributed by atoms with van der Waals surface area (Å²) in [6.07, 6.45) is 2.28. The van der Waals surface area contributed by atoms with Gasteiger partial charge < -0.3 is 39.2 Å². The first-order valence-corrected chi connectivity index (χ1v) is 15.0. The van der Waals surface area contributed by atoms with Crippen molar-refractivity contribution in [1.82, 2.24) is 14.9 Å². The number of amides is 2. The third-order valence-electron chi connectivity index (χ3n) is 7.20. The van der Waals surface area contributed by atoms with Crippen LogP contribution in [0.2, 0.25) is 5.02 Å². The summed E-state index contributed by atoms with van der Waals surface area (Å²) >= 11 is 6.61. The summed E-state index contributed by atoms with van der Waals surface area (Å²) < 4.78 is 56.0. The third-order valence-corrected chi connectivity index (χ3v) is 7.50. The highest BCUT2D eigenvalue weighted by Crippen LogP contribution is 2.36. The lowest BCUT2D eigenvalue weighted by atomic mass is 10.1. The van der Waals surface area contributed by atoms with Crippen molar-refractivity contribution in [3.05, 3.63) is 71.5 Å². The van der Waals surface area contributed by atoms with E-state index in [1.807, 2.05) is 12.1 Å². The van der Waals surface area contributed by atoms with Crippen molar-refractivity contribution in [2.24, 2.45) is 0 Å². The molecule has 2 N–H and O–H groups in total. The summed E-state index contributed by atoms with van der Waals surface area (Å²) in [7, 11) is 3.20. The summed E-state index contributed by atoms with van der Waals surface area (Å²) in [5, 5.41) is 6.71. The van der Waals surface area contributed by atoms with Gasteiger partial charge >= 0.3 is 6.03 Å². The number of benzene rings is 3. The second-order valence-corrected chi connectivity index (χ2v) is 10.7. The first-order chi connectivity index (χ1) is 22.4. The topological polar surface area (TPSA) is 116 Å². The molecule has 0 unspecified atom stereocenters. The molecule has 1 aliphatic rings. The number of carbonyl (C=O) groups excluding carboxylic acids is 1. The molecule has 0 atom stereocenters. The molecule has 0 spiro atoms. The standard InChI is InChI=1S/C32H34ClF2N5O6/c1-42-12-14-44-28-17-22-26(18-29(28)45-15-13-43-2)36-19-37-31(22)38-20-6-7-27(23(33)16-20)46-21-8-10-40(11-9-21)32(41)39-30-24(34)4-3-5-25(30)35/h3-7,16-19,21H,8-15H2,1-2H3,(H,39,41)(H,36,37,38). The van der Waals surface area contributed by atoms with Crippen LogP contribution in [-0.4, -0.2) is 80.7 Å². The van der Waals surface area contributed by atoms with E-state index in [9.17, 15) is 13.6 Å². The number of anilines is 3. The number of methoxy groups -OCH3 is 2. The SMILES string of the molecule is COCCOc1cc2ncnc(Nc3ccc(OC4CCN(C(=O)Nc5c(F)cccc5F)CC4)c(Cl)c3)c2cc1OCCOC. The molecule has 1 aliphatic heterocycles. The molecular weight excluding hydrogens is 624 g/mol. The molecule has 5 rings (SSSR count). The monoisotopic (exact) mass is 657 g/mol. The molecule has 46 heavy (non-hydrogen) atoms. The number of aromatic nitrogens is 2. The molecule has 0 saturated carbocycles. The van der Waals surface area contributed by atoms with Crippen molar-refractivity contribution < 1.29 is 37.3 Å². The highest BCUT2D eigenvalue weighted by Gasteiger charge is 2.26. The molecule has 1 saturated heterocycles. The van der Waals surface area contributed by atoms with E-state index < -0.39 is 23.4 Å². The van der Waals surface area contributed by atoms with Gasteiger partial charge in [-0.25, -0.2) is 23.5 Å². The number of piperidine rings is 1. The number of para-hydroxylation sites is 1. The lowest BCUT2D eigenvalue weighted by Gasteiger charge is -2.32. The van der Waals surface area contributed by atoms with Gasteiger partial charge in [-0.1, -0.05) is 17.7 Å². The number of nitrogens with one attached hydrogen (secondary N) is 2. The minimum Gasteiger partial charge on any atom is -0.489 e. The summed E-state index contributed by atoms with van der Waals surface area (Å²) in [5.41, 5.74) is 0.856. The Balaban J connectivity index is 1.22. The summed E-state index contributed by atoms with van der Waals surface area (Å²) in [5.74, 6) is 0.407. The van der Waals surface area contributed by atoms with Crippen LogP contribution in [0, 0.1) is 11.6 Å². The minimum atomic E-state index is -0.832. The van der Waals surface area contributed by atoms with Crippen LogP contribution in [0.3, 0.4) is 0 Å². The Kier molecular flexibility index (Phi) is 11.2. The van der Waals surface area contributed by atoms with Crippen LogP contribution in [0.1, 0.15) is 12.8 Å². The number of carbonyl (C=O) groups is 1. The van der Waals surface area contributed by atoms with Gasteiger partial charge in [0.2, 0.25) is 0 Å². The van der Waals surface area contributed by atoms with E-state index >= 15 is 0 Å². The number of urea groups is 1. The van der Waals surface area contributed by atoms with E-state index in [4.69, 9.17) is 35.3 Å². The number of nitrogens with zero attached hydrogens (tertiary/aromatic N) is 3. The van der Waals surface area contributed by atoms with Gasteiger partial charge in [-0.05, 0) is 36.4 Å². The molecule has 1 fully saturated rings. The fourth-order valence-electron chi connectivity index (χ4n) is 4.83. The van der Waals surface area contributed by atoms with Crippen LogP contribution in [0.4, 0.5) is 30.8 Å². The Bertz CT molecular complexity index is 1640. The number of hydrogen-bond acceptors (Lipinski definition) is 9. The van der Waals surface area contributed by atoms with E-state index in [1.165, 1.54) is 17.3 Å². The van der Waals surface area contributed by atoms with E-state index in [0.29, 0.717) is 97.0 Å². The Morgan fingerprint density at radius 3 is 2.24 bits per heavy atom. The molecule has 3 aromatic carbocycles. The first kappa shape index (κ1) is 32.9. The Hall–Kier alpha value is -4.46. The molecule has 0 bridgehead atoms. The van der Waals surface area contributed by atoms with Gasteiger partial charge in [0.25, 0.3) is 0 Å². The number of rotatable bonds is 13. The molecule has 2 heterocycles. The molecule has 0 radical (unpaired) electrons. The average Bonchev–Trinajstić information content (AvgIpc) is 3.05. The van der Waals surface area contributed by atoms with Gasteiger partial charge in [-0.3, -0.25) is 0 Å². The number of fused-ring (bicyclic) bond motifs is 1. The number of hydrogen-bond donors (Lipinski definition) is 2. The first-order valence-electron chi connectivity index (χ1n) is 14.6. The van der Waals surface area contributed by atoms with Crippen LogP contribution in [0.5, 0.6) is 17.2 Å². The molecule has 244 valence electrons. The molecule has 14 heteroatoms. The Morgan fingerprint density at radius 1 is 0.913 bits per heavy atom. The predicted octanol–water partition coefficient (Wildman–Crippen LogP) is 6.43. The predicted molar refractivity (Wildman–Crippen MR) is 170 cm³/mol. The molecule has 1 aromatic heterocycles. The van der Waals surface area contributed by atoms with Gasteiger partial charge in [-0.15, -0.1) is 0 Å². The maximum Gasteiger partial charge on any atom is 0.322 e. The maximum absolute atomic E-state index is 13.9. The molecule has 11 nitrogen and oxygen atoms in total. The summed E-state index contributed by atoms with van der Waals surface area (Å²) in [4.78, 5) is 22.9. The van der Waals surface area contributed by atoms with Crippen molar-refractivity contribution in [2.45, 2.75) is 18.9 Å². The van der Waals surface area contributed by atoms with Crippen LogP contribution in [0.15, 0.2) is 54.9 Å². The van der Waals surface area contributed by atoms with E-state index in [1.54, 1.807) is 32.4 Å². The summed E-state index contributed by atoms with van der Waals surface area (Å²) in [6, 6.07) is 11.8. The van der Waals surface area contributed by atoms with Crippen molar-refractivity contribution in [3.8, 4) is 17.2 Å². The zero-order valence-electron chi connectivity index (χ0n) is 25.4. The zero-order chi connectivity index (χ0) is 32.5. The molecule has 0 aliphatic carbocycles. The van der Waals surface area contributed by atoms with E-state index in [2.05, 4.69) is 20.6 Å². The smallest absolute Gasteiger partial charge is 0.322 e. The van der Waals surface area contributed by atoms with E-state index in [-0.39, 0.29) is 6.10 Å². The Morgan fingerprint density at radius 2 is 1.59 bits per heavy atom. The van der Waals surface area contributed by atoms with Crippen LogP contribution in [0.25, 0.3) is 10.9 Å². The second kappa shape index (κ2) is 15.7. The Labute approximate surface area is 269 Å². The number of ether oxygens (including phenoxy) is 5. The van der Waals surface area contributed by atoms with Gasteiger partial charge in [-0.2, -0.15) is 0 Å². The fraction of sp³-hybridized carbons (Fsp3) is 0.344. The maximum atomic E-state index is 13.9. The van der Waals surface area contributed by atoms with Gasteiger partial charge in [0.05, 0.1) is 23.8 Å². The zero-order valence-corrected chi connectivity index (χ0v) is 26.1. The van der Waals surface area contributed by atoms with Gasteiger partial charge in [0, 0.05) is 57.3 Å². The molecule has 2 amide bonds. The third kappa shape index (κ3) is 8.22. The average molecular weight is 658 g/mol. The van der Waals surface area contributed by atoms with Gasteiger partial charge in [0.1, 0.15) is 54.5 Å². The second-order valence-electron chi connectivity index (χ2n) is 10.3. The lowest BCUT2D eigenvalue weighted by molar-refractivity contribution is 0.115. The molecular formula is C32H34ClF2N5O6. The summed E-state index contributed by atoms with van der Waals surface area (Å²) in [6.45, 7) is 2.20. The van der Waals surface area contributed by atoms with Crippen molar-refractivity contribution in [1.29, 1.82) is 0 Å². The normalized spacial score (nSPS) is 13.5. The quantitative estimate of drug-likeness (QED) is 0.157. The van der Waals surface area contributed by atoms with Crippen molar-refractivity contribution in [2.75, 3.05) is 64.4 Å². The van der Waals surface area contributed by atoms with Crippen LogP contribution < -0.4 is 24.8 Å². The minimum absolute atomic E-state index is 0.201. The molecule has 4 aromatic rings. The van der Waals surface area contributed by atoms with Crippen molar-refractivity contribution in [3.63, 3.8) is 0 Å². The van der Waals surface area contributed by atoms with Gasteiger partial charge in [0.15, 0.2) is 11.5 Å². The highest BCUT2D eigenvalue weighted by atomic mass is 35.5. The van der Waals surface area contributed by atoms with Crippen LogP contribution >= 0.6 is 11.6 Å². The number of likely N-dealkylation sites (tertiary alicyclic amines) is 1. The fourth-order valence-corrected chi connectivity index (χ4v) is 5.05. The van der Waals surface area contributed by atoms with E-state index in [0.717, 1.165) is 12.1 Å². The largest absolute Gasteiger partial charge is 0.489 e. The lowest BCUT2D eigenvalue weighted by Crippen LogP contribution is -2.44. The number of halogens is 3. The van der Waals surface area contributed by atoms with Crippen molar-refractivity contribution >= 4 is 45.7 Å². The highest BCUT2D eigenvalue weighted by molar-refractivity contribution is 6.32.